The van der Waals surface area contributed by atoms with E-state index in [4.69, 9.17) is 9.15 Å². The van der Waals surface area contributed by atoms with E-state index in [-0.39, 0.29) is 36.1 Å². The number of benzene rings is 2. The molecule has 26 heavy (non-hydrogen) atoms. The minimum atomic E-state index is -0.634. The van der Waals surface area contributed by atoms with Gasteiger partial charge in [0.1, 0.15) is 5.82 Å². The molecule has 1 heterocycles. The van der Waals surface area contributed by atoms with Gasteiger partial charge >= 0.3 is 5.97 Å². The number of nitrogens with zero attached hydrogens (tertiary/aromatic N) is 3. The summed E-state index contributed by atoms with van der Waals surface area (Å²) in [7, 11) is 0. The number of halogens is 1. The Morgan fingerprint density at radius 3 is 2.58 bits per heavy atom. The Morgan fingerprint density at radius 2 is 1.88 bits per heavy atom. The summed E-state index contributed by atoms with van der Waals surface area (Å²) in [4.78, 5) is 21.9. The van der Waals surface area contributed by atoms with Crippen LogP contribution in [0.25, 0.3) is 11.5 Å². The molecule has 0 saturated carbocycles. The van der Waals surface area contributed by atoms with Gasteiger partial charge in [-0.2, -0.15) is 0 Å². The first kappa shape index (κ1) is 17.2. The monoisotopic (exact) mass is 357 g/mol. The highest BCUT2D eigenvalue weighted by molar-refractivity contribution is 5.72. The van der Waals surface area contributed by atoms with E-state index in [2.05, 4.69) is 10.2 Å². The molecule has 3 rings (SSSR count). The molecule has 0 amide bonds. The zero-order chi connectivity index (χ0) is 18.5. The first-order valence-electron chi connectivity index (χ1n) is 7.49. The van der Waals surface area contributed by atoms with E-state index in [1.165, 1.54) is 42.5 Å². The van der Waals surface area contributed by atoms with Crippen LogP contribution in [0, 0.1) is 15.9 Å². The minimum absolute atomic E-state index is 0.0558. The second-order valence-corrected chi connectivity index (χ2v) is 5.23. The molecule has 1 aromatic heterocycles. The summed E-state index contributed by atoms with van der Waals surface area (Å²) in [6.07, 6.45) is -0.212. The van der Waals surface area contributed by atoms with Crippen molar-refractivity contribution >= 4 is 11.7 Å². The van der Waals surface area contributed by atoms with Gasteiger partial charge in [0, 0.05) is 17.7 Å². The minimum Gasteiger partial charge on any atom is -0.455 e. The third-order valence-electron chi connectivity index (χ3n) is 3.44. The molecule has 2 aromatic carbocycles. The number of carbonyl (C=O) groups is 1. The normalized spacial score (nSPS) is 10.5. The number of nitro groups is 1. The van der Waals surface area contributed by atoms with Crippen LogP contribution in [0.3, 0.4) is 0 Å². The lowest BCUT2D eigenvalue weighted by Crippen LogP contribution is -2.09. The van der Waals surface area contributed by atoms with Gasteiger partial charge in [-0.1, -0.05) is 18.2 Å². The molecule has 0 saturated heterocycles. The predicted molar refractivity (Wildman–Crippen MR) is 86.3 cm³/mol. The van der Waals surface area contributed by atoms with Gasteiger partial charge in [0.2, 0.25) is 5.89 Å². The number of non-ortho nitro benzene ring substituents is 1. The van der Waals surface area contributed by atoms with Crippen molar-refractivity contribution < 1.29 is 23.3 Å². The SMILES string of the molecule is O=C(Cc1ccccc1F)OCc1nnc(-c2ccc([N+](=O)[O-])cc2)o1. The Balaban J connectivity index is 1.59. The van der Waals surface area contributed by atoms with Crippen LogP contribution in [0.1, 0.15) is 11.5 Å². The first-order chi connectivity index (χ1) is 12.5. The van der Waals surface area contributed by atoms with E-state index in [0.717, 1.165) is 0 Å². The van der Waals surface area contributed by atoms with Crippen LogP contribution >= 0.6 is 0 Å². The van der Waals surface area contributed by atoms with Crippen LogP contribution in [-0.4, -0.2) is 21.1 Å². The van der Waals surface area contributed by atoms with Crippen molar-refractivity contribution in [2.24, 2.45) is 0 Å². The molecule has 132 valence electrons. The zero-order valence-electron chi connectivity index (χ0n) is 13.3. The highest BCUT2D eigenvalue weighted by Gasteiger charge is 2.14. The smallest absolute Gasteiger partial charge is 0.310 e. The van der Waals surface area contributed by atoms with Gasteiger partial charge < -0.3 is 9.15 Å². The van der Waals surface area contributed by atoms with E-state index >= 15 is 0 Å². The van der Waals surface area contributed by atoms with Crippen LogP contribution in [0.2, 0.25) is 0 Å². The average Bonchev–Trinajstić information content (AvgIpc) is 3.11. The quantitative estimate of drug-likeness (QED) is 0.379. The molecular formula is C17H12FN3O5. The van der Waals surface area contributed by atoms with Gasteiger partial charge in [-0.15, -0.1) is 10.2 Å². The molecule has 0 unspecified atom stereocenters. The maximum absolute atomic E-state index is 13.5. The number of carbonyl (C=O) groups excluding carboxylic acids is 1. The van der Waals surface area contributed by atoms with Crippen molar-refractivity contribution in [3.63, 3.8) is 0 Å². The molecule has 0 radical (unpaired) electrons. The highest BCUT2D eigenvalue weighted by atomic mass is 19.1. The highest BCUT2D eigenvalue weighted by Crippen LogP contribution is 2.21. The summed E-state index contributed by atoms with van der Waals surface area (Å²) < 4.78 is 23.8. The summed E-state index contributed by atoms with van der Waals surface area (Å²) in [5, 5.41) is 18.2. The third kappa shape index (κ3) is 4.07. The topological polar surface area (TPSA) is 108 Å². The Bertz CT molecular complexity index is 940. The van der Waals surface area contributed by atoms with Crippen molar-refractivity contribution in [3.05, 3.63) is 75.9 Å². The summed E-state index contributed by atoms with van der Waals surface area (Å²) in [6.45, 7) is -0.257. The Hall–Kier alpha value is -3.62. The summed E-state index contributed by atoms with van der Waals surface area (Å²) in [5.74, 6) is -0.923. The molecule has 0 fully saturated rings. The van der Waals surface area contributed by atoms with Crippen molar-refractivity contribution in [1.29, 1.82) is 0 Å². The van der Waals surface area contributed by atoms with Crippen molar-refractivity contribution in [2.45, 2.75) is 13.0 Å². The summed E-state index contributed by atoms with van der Waals surface area (Å²) in [6, 6.07) is 11.5. The lowest BCUT2D eigenvalue weighted by atomic mass is 10.1. The van der Waals surface area contributed by atoms with E-state index in [0.29, 0.717) is 5.56 Å². The van der Waals surface area contributed by atoms with Gasteiger partial charge in [-0.05, 0) is 23.8 Å². The number of hydrogen-bond donors (Lipinski definition) is 0. The third-order valence-corrected chi connectivity index (χ3v) is 3.44. The van der Waals surface area contributed by atoms with Crippen LogP contribution in [-0.2, 0) is 22.6 Å². The van der Waals surface area contributed by atoms with Gasteiger partial charge in [0.05, 0.1) is 11.3 Å². The predicted octanol–water partition coefficient (Wildman–Crippen LogP) is 3.07. The second-order valence-electron chi connectivity index (χ2n) is 5.23. The largest absolute Gasteiger partial charge is 0.455 e. The van der Waals surface area contributed by atoms with Gasteiger partial charge in [0.25, 0.3) is 11.6 Å². The van der Waals surface area contributed by atoms with Gasteiger partial charge in [-0.25, -0.2) is 4.39 Å². The van der Waals surface area contributed by atoms with Crippen molar-refractivity contribution in [2.75, 3.05) is 0 Å². The molecule has 0 spiro atoms. The standard InChI is InChI=1S/C17H12FN3O5/c18-14-4-2-1-3-12(14)9-16(22)25-10-15-19-20-17(26-15)11-5-7-13(8-6-11)21(23)24/h1-8H,9-10H2. The zero-order valence-corrected chi connectivity index (χ0v) is 13.3. The van der Waals surface area contributed by atoms with Crippen LogP contribution < -0.4 is 0 Å². The number of nitro benzene ring substituents is 1. The Morgan fingerprint density at radius 1 is 1.15 bits per heavy atom. The maximum atomic E-state index is 13.5. The fraction of sp³-hybridized carbons (Fsp3) is 0.118. The van der Waals surface area contributed by atoms with Crippen molar-refractivity contribution in [1.82, 2.24) is 10.2 Å². The molecule has 0 atom stereocenters. The maximum Gasteiger partial charge on any atom is 0.310 e. The second kappa shape index (κ2) is 7.51. The Labute approximate surface area is 146 Å². The molecule has 8 nitrogen and oxygen atoms in total. The molecule has 0 bridgehead atoms. The van der Waals surface area contributed by atoms with E-state index in [1.54, 1.807) is 6.07 Å². The summed E-state index contributed by atoms with van der Waals surface area (Å²) in [5.41, 5.74) is 0.664. The van der Waals surface area contributed by atoms with Crippen LogP contribution in [0.4, 0.5) is 10.1 Å². The fourth-order valence-electron chi connectivity index (χ4n) is 2.14. The number of hydrogen-bond acceptors (Lipinski definition) is 7. The molecule has 0 N–H and O–H groups in total. The molecule has 3 aromatic rings. The van der Waals surface area contributed by atoms with E-state index < -0.39 is 16.7 Å². The van der Waals surface area contributed by atoms with Crippen LogP contribution in [0.15, 0.2) is 52.9 Å². The molecular weight excluding hydrogens is 345 g/mol. The molecule has 0 aliphatic rings. The molecule has 9 heteroatoms. The van der Waals surface area contributed by atoms with Crippen LogP contribution in [0.5, 0.6) is 0 Å². The Kier molecular flexibility index (Phi) is 4.97. The van der Waals surface area contributed by atoms with Gasteiger partial charge in [-0.3, -0.25) is 14.9 Å². The van der Waals surface area contributed by atoms with Crippen molar-refractivity contribution in [3.8, 4) is 11.5 Å². The molecule has 0 aliphatic heterocycles. The number of aromatic nitrogens is 2. The fourth-order valence-corrected chi connectivity index (χ4v) is 2.14. The van der Waals surface area contributed by atoms with E-state index in [9.17, 15) is 19.3 Å². The summed E-state index contributed by atoms with van der Waals surface area (Å²) >= 11 is 0. The average molecular weight is 357 g/mol. The lowest BCUT2D eigenvalue weighted by molar-refractivity contribution is -0.384. The number of rotatable bonds is 6. The van der Waals surface area contributed by atoms with E-state index in [1.807, 2.05) is 0 Å². The molecule has 0 aliphatic carbocycles. The lowest BCUT2D eigenvalue weighted by Gasteiger charge is -2.03. The number of esters is 1. The van der Waals surface area contributed by atoms with Gasteiger partial charge in [0.15, 0.2) is 6.61 Å². The number of ether oxygens (including phenoxy) is 1. The first-order valence-corrected chi connectivity index (χ1v) is 7.49.